The summed E-state index contributed by atoms with van der Waals surface area (Å²) >= 11 is 0. The fraction of sp³-hybridized carbons (Fsp3) is 0.381. The highest BCUT2D eigenvalue weighted by atomic mass is 16.8. The first-order chi connectivity index (χ1) is 13.9. The van der Waals surface area contributed by atoms with E-state index in [-0.39, 0.29) is 24.2 Å². The number of pyridine rings is 1. The van der Waals surface area contributed by atoms with E-state index in [9.17, 15) is 0 Å². The summed E-state index contributed by atoms with van der Waals surface area (Å²) in [6.45, 7) is 3.91. The molecule has 0 unspecified atom stereocenters. The number of rotatable bonds is 3. The zero-order chi connectivity index (χ0) is 20.2. The van der Waals surface area contributed by atoms with Crippen molar-refractivity contribution in [3.8, 4) is 0 Å². The first kappa shape index (κ1) is 18.1. The van der Waals surface area contributed by atoms with Gasteiger partial charge in [-0.15, -0.1) is 0 Å². The molecule has 0 radical (unpaired) electrons. The summed E-state index contributed by atoms with van der Waals surface area (Å²) in [5, 5.41) is 0.852. The van der Waals surface area contributed by atoms with Crippen molar-refractivity contribution < 1.29 is 9.47 Å². The lowest BCUT2D eigenvalue weighted by atomic mass is 10.0. The number of hydrogen-bond donors (Lipinski definition) is 2. The van der Waals surface area contributed by atoms with Crippen LogP contribution < -0.4 is 11.5 Å². The lowest BCUT2D eigenvalue weighted by Gasteiger charge is -2.24. The number of anilines is 2. The number of hydrogen-bond acceptors (Lipinski definition) is 7. The molecule has 4 heterocycles. The normalized spacial score (nSPS) is 28.3. The summed E-state index contributed by atoms with van der Waals surface area (Å²) in [7, 11) is 0. The lowest BCUT2D eigenvalue weighted by molar-refractivity contribution is -0.158. The van der Waals surface area contributed by atoms with E-state index < -0.39 is 5.79 Å². The highest BCUT2D eigenvalue weighted by Gasteiger charge is 2.54. The van der Waals surface area contributed by atoms with Crippen molar-refractivity contribution in [2.45, 2.75) is 44.3 Å². The standard InChI is InChI=1S/C21H24N6O2/c1-21(2)28-17-12(6-7-13-4-3-5-16(22)26-13)10-15(18(17)29-21)27-9-8-14-19(23)24-11-25-20(14)27/h3-9,11-12,15,17-18H,10H2,1-2H3,(H2,22,26)(H2,23,24,25)/b7-6+/t12-,15+,17+,18-/m0/s1. The maximum Gasteiger partial charge on any atom is 0.163 e. The molecule has 1 aliphatic carbocycles. The first-order valence-electron chi connectivity index (χ1n) is 9.75. The average molecular weight is 392 g/mol. The maximum atomic E-state index is 6.30. The minimum Gasteiger partial charge on any atom is -0.384 e. The van der Waals surface area contributed by atoms with Crippen LogP contribution in [0, 0.1) is 5.92 Å². The zero-order valence-corrected chi connectivity index (χ0v) is 16.4. The van der Waals surface area contributed by atoms with Crippen molar-refractivity contribution in [1.82, 2.24) is 19.5 Å². The Morgan fingerprint density at radius 2 is 1.97 bits per heavy atom. The van der Waals surface area contributed by atoms with E-state index in [1.807, 2.05) is 44.3 Å². The Labute approximate surface area is 168 Å². The molecule has 1 aliphatic heterocycles. The van der Waals surface area contributed by atoms with Crippen molar-refractivity contribution >= 4 is 28.7 Å². The van der Waals surface area contributed by atoms with E-state index >= 15 is 0 Å². The van der Waals surface area contributed by atoms with Crippen LogP contribution in [-0.2, 0) is 9.47 Å². The Kier molecular flexibility index (Phi) is 4.07. The van der Waals surface area contributed by atoms with Crippen LogP contribution in [0.4, 0.5) is 11.6 Å². The molecule has 0 spiro atoms. The third-order valence-corrected chi connectivity index (χ3v) is 5.68. The monoisotopic (exact) mass is 392 g/mol. The van der Waals surface area contributed by atoms with E-state index in [4.69, 9.17) is 20.9 Å². The molecular formula is C21H24N6O2. The fourth-order valence-electron chi connectivity index (χ4n) is 4.49. The average Bonchev–Trinajstić information content (AvgIpc) is 3.32. The van der Waals surface area contributed by atoms with Crippen LogP contribution in [0.25, 0.3) is 17.1 Å². The van der Waals surface area contributed by atoms with Gasteiger partial charge >= 0.3 is 0 Å². The van der Waals surface area contributed by atoms with Crippen LogP contribution in [0.1, 0.15) is 32.0 Å². The SMILES string of the molecule is CC1(C)O[C@@H]2[C@H](O1)[C@@H](/C=C/c1cccc(N)n1)C[C@H]2n1ccc2c(N)ncnc21. The zero-order valence-electron chi connectivity index (χ0n) is 16.4. The molecule has 4 N–H and O–H groups in total. The summed E-state index contributed by atoms with van der Waals surface area (Å²) in [4.78, 5) is 12.9. The molecule has 2 fully saturated rings. The third-order valence-electron chi connectivity index (χ3n) is 5.68. The summed E-state index contributed by atoms with van der Waals surface area (Å²) in [6.07, 6.45) is 8.39. The molecule has 2 aliphatic rings. The van der Waals surface area contributed by atoms with Crippen LogP contribution in [0.5, 0.6) is 0 Å². The summed E-state index contributed by atoms with van der Waals surface area (Å²) in [6, 6.07) is 7.65. The first-order valence-corrected chi connectivity index (χ1v) is 9.75. The second-order valence-corrected chi connectivity index (χ2v) is 8.10. The Balaban J connectivity index is 1.49. The number of nitrogen functional groups attached to an aromatic ring is 2. The molecule has 1 saturated carbocycles. The van der Waals surface area contributed by atoms with Gasteiger partial charge in [0.2, 0.25) is 0 Å². The van der Waals surface area contributed by atoms with E-state index in [0.717, 1.165) is 23.1 Å². The number of ether oxygens (including phenoxy) is 2. The van der Waals surface area contributed by atoms with E-state index in [2.05, 4.69) is 25.6 Å². The van der Waals surface area contributed by atoms with Gasteiger partial charge in [0, 0.05) is 12.1 Å². The number of aromatic nitrogens is 4. The minimum absolute atomic E-state index is 0.0519. The van der Waals surface area contributed by atoms with Crippen LogP contribution in [0.2, 0.25) is 0 Å². The van der Waals surface area contributed by atoms with Gasteiger partial charge in [-0.05, 0) is 44.5 Å². The fourth-order valence-corrected chi connectivity index (χ4v) is 4.49. The summed E-state index contributed by atoms with van der Waals surface area (Å²) < 4.78 is 14.7. The molecule has 4 atom stereocenters. The van der Waals surface area contributed by atoms with Gasteiger partial charge in [-0.1, -0.05) is 12.1 Å². The Morgan fingerprint density at radius 3 is 2.79 bits per heavy atom. The van der Waals surface area contributed by atoms with Crippen LogP contribution in [0.3, 0.4) is 0 Å². The molecule has 1 saturated heterocycles. The van der Waals surface area contributed by atoms with Crippen molar-refractivity contribution in [1.29, 1.82) is 0 Å². The van der Waals surface area contributed by atoms with Crippen LogP contribution in [-0.4, -0.2) is 37.5 Å². The largest absolute Gasteiger partial charge is 0.384 e. The molecule has 3 aromatic heterocycles. The van der Waals surface area contributed by atoms with Crippen molar-refractivity contribution in [3.63, 3.8) is 0 Å². The van der Waals surface area contributed by atoms with Gasteiger partial charge in [0.15, 0.2) is 5.79 Å². The Hall–Kier alpha value is -2.97. The Morgan fingerprint density at radius 1 is 1.14 bits per heavy atom. The van der Waals surface area contributed by atoms with Gasteiger partial charge < -0.3 is 25.5 Å². The smallest absolute Gasteiger partial charge is 0.163 e. The predicted molar refractivity (Wildman–Crippen MR) is 111 cm³/mol. The van der Waals surface area contributed by atoms with Crippen molar-refractivity contribution in [3.05, 3.63) is 48.6 Å². The number of nitrogens with two attached hydrogens (primary N) is 2. The van der Waals surface area contributed by atoms with E-state index in [1.165, 1.54) is 6.33 Å². The molecular weight excluding hydrogens is 368 g/mol. The third kappa shape index (κ3) is 3.14. The minimum atomic E-state index is -0.632. The number of fused-ring (bicyclic) bond motifs is 2. The maximum absolute atomic E-state index is 6.30. The molecule has 0 amide bonds. The predicted octanol–water partition coefficient (Wildman–Crippen LogP) is 2.79. The topological polar surface area (TPSA) is 114 Å². The Bertz CT molecular complexity index is 1090. The van der Waals surface area contributed by atoms with Gasteiger partial charge in [-0.2, -0.15) is 0 Å². The highest BCUT2D eigenvalue weighted by molar-refractivity contribution is 5.86. The molecule has 5 rings (SSSR count). The molecule has 150 valence electrons. The molecule has 0 bridgehead atoms. The van der Waals surface area contributed by atoms with Gasteiger partial charge in [-0.3, -0.25) is 0 Å². The van der Waals surface area contributed by atoms with Crippen LogP contribution in [0.15, 0.2) is 42.9 Å². The van der Waals surface area contributed by atoms with Gasteiger partial charge in [0.25, 0.3) is 0 Å². The van der Waals surface area contributed by atoms with Gasteiger partial charge in [-0.25, -0.2) is 15.0 Å². The van der Waals surface area contributed by atoms with Gasteiger partial charge in [0.05, 0.1) is 23.2 Å². The lowest BCUT2D eigenvalue weighted by Crippen LogP contribution is -2.27. The molecule has 8 heteroatoms. The van der Waals surface area contributed by atoms with Crippen molar-refractivity contribution in [2.75, 3.05) is 11.5 Å². The van der Waals surface area contributed by atoms with Crippen LogP contribution >= 0.6 is 0 Å². The molecule has 8 nitrogen and oxygen atoms in total. The second-order valence-electron chi connectivity index (χ2n) is 8.10. The van der Waals surface area contributed by atoms with E-state index in [0.29, 0.717) is 11.6 Å². The number of nitrogens with zero attached hydrogens (tertiary/aromatic N) is 4. The summed E-state index contributed by atoms with van der Waals surface area (Å²) in [5.74, 6) is 0.530. The quantitative estimate of drug-likeness (QED) is 0.704. The molecule has 0 aromatic carbocycles. The second kappa shape index (κ2) is 6.53. The molecule has 29 heavy (non-hydrogen) atoms. The summed E-state index contributed by atoms with van der Waals surface area (Å²) in [5.41, 5.74) is 13.5. The van der Waals surface area contributed by atoms with E-state index in [1.54, 1.807) is 6.07 Å². The van der Waals surface area contributed by atoms with Gasteiger partial charge in [0.1, 0.15) is 29.7 Å². The molecule has 3 aromatic rings. The van der Waals surface area contributed by atoms with Crippen molar-refractivity contribution in [2.24, 2.45) is 5.92 Å². The highest BCUT2D eigenvalue weighted by Crippen LogP contribution is 2.48.